The number of hydrogen-bond donors (Lipinski definition) is 1. The van der Waals surface area contributed by atoms with Gasteiger partial charge >= 0.3 is 5.97 Å². The lowest BCUT2D eigenvalue weighted by Gasteiger charge is -2.71. The van der Waals surface area contributed by atoms with Gasteiger partial charge in [0.15, 0.2) is 0 Å². The highest BCUT2D eigenvalue weighted by atomic mass is 16.6. The van der Waals surface area contributed by atoms with Crippen LogP contribution in [0.4, 0.5) is 0 Å². The molecule has 1 N–H and O–H groups in total. The first-order valence-electron chi connectivity index (χ1n) is 13.8. The topological polar surface area (TPSA) is 46.5 Å². The molecule has 10 atom stereocenters. The van der Waals surface area contributed by atoms with Crippen molar-refractivity contribution >= 4 is 5.97 Å². The van der Waals surface area contributed by atoms with E-state index in [0.29, 0.717) is 17.8 Å². The molecule has 0 aromatic carbocycles. The maximum atomic E-state index is 12.8. The molecule has 1 saturated heterocycles. The lowest BCUT2D eigenvalue weighted by molar-refractivity contribution is -0.204. The standard InChI is InChI=1S/C30H46O3/c1-25(2)20-10-13-30(7)21(28(20,5)12-11-22(25)31)9-8-18-19-16-26(3)17-23(33-24(26)32)27(19,4)14-15-29(18,30)6/h8,19-23,31H,9-17H2,1-7H3/t19-,20-,21+,22-,23-,26-,27+,28-,29+,30+/m0/s1. The van der Waals surface area contributed by atoms with Crippen molar-refractivity contribution in [2.24, 2.45) is 50.2 Å². The molecule has 5 fully saturated rings. The quantitative estimate of drug-likeness (QED) is 0.328. The van der Waals surface area contributed by atoms with Crippen LogP contribution in [0.1, 0.15) is 106 Å². The van der Waals surface area contributed by atoms with Crippen LogP contribution in [0.25, 0.3) is 0 Å². The molecule has 1 heterocycles. The van der Waals surface area contributed by atoms with Crippen LogP contribution in [0.3, 0.4) is 0 Å². The van der Waals surface area contributed by atoms with Gasteiger partial charge in [0, 0.05) is 11.8 Å². The summed E-state index contributed by atoms with van der Waals surface area (Å²) in [5, 5.41) is 10.9. The van der Waals surface area contributed by atoms with Crippen molar-refractivity contribution in [3.8, 4) is 0 Å². The first-order chi connectivity index (χ1) is 15.2. The fraction of sp³-hybridized carbons (Fsp3) is 0.900. The zero-order chi connectivity index (χ0) is 23.8. The van der Waals surface area contributed by atoms with Gasteiger partial charge in [0.1, 0.15) is 6.10 Å². The highest BCUT2D eigenvalue weighted by Gasteiger charge is 2.70. The number of rotatable bonds is 0. The molecule has 1 aliphatic heterocycles. The van der Waals surface area contributed by atoms with Gasteiger partial charge in [-0.15, -0.1) is 0 Å². The molecule has 5 aliphatic carbocycles. The third kappa shape index (κ3) is 2.44. The Bertz CT molecular complexity index is 935. The molecule has 0 unspecified atom stereocenters. The summed E-state index contributed by atoms with van der Waals surface area (Å²) in [6.45, 7) is 17.1. The molecule has 6 aliphatic rings. The van der Waals surface area contributed by atoms with E-state index >= 15 is 0 Å². The monoisotopic (exact) mass is 454 g/mol. The van der Waals surface area contributed by atoms with Crippen molar-refractivity contribution in [3.05, 3.63) is 11.6 Å². The number of aliphatic hydroxyl groups excluding tert-OH is 1. The second-order valence-electron chi connectivity index (χ2n) is 15.1. The molecule has 6 rings (SSSR count). The van der Waals surface area contributed by atoms with Crippen LogP contribution in [-0.4, -0.2) is 23.3 Å². The van der Waals surface area contributed by atoms with Gasteiger partial charge in [-0.2, -0.15) is 0 Å². The summed E-state index contributed by atoms with van der Waals surface area (Å²) in [7, 11) is 0. The summed E-state index contributed by atoms with van der Waals surface area (Å²) >= 11 is 0. The summed E-state index contributed by atoms with van der Waals surface area (Å²) in [4.78, 5) is 12.8. The summed E-state index contributed by atoms with van der Waals surface area (Å²) in [5.74, 6) is 1.79. The first kappa shape index (κ1) is 22.6. The molecule has 184 valence electrons. The van der Waals surface area contributed by atoms with Gasteiger partial charge in [-0.05, 0) is 97.7 Å². The minimum Gasteiger partial charge on any atom is -0.461 e. The van der Waals surface area contributed by atoms with Crippen LogP contribution in [0.2, 0.25) is 0 Å². The predicted octanol–water partition coefficient (Wildman–Crippen LogP) is 6.68. The number of hydrogen-bond acceptors (Lipinski definition) is 3. The minimum atomic E-state index is -0.293. The Morgan fingerprint density at radius 2 is 1.61 bits per heavy atom. The molecule has 33 heavy (non-hydrogen) atoms. The first-order valence-corrected chi connectivity index (χ1v) is 13.8. The average molecular weight is 455 g/mol. The van der Waals surface area contributed by atoms with Crippen LogP contribution in [0.5, 0.6) is 0 Å². The molecule has 0 amide bonds. The van der Waals surface area contributed by atoms with Crippen LogP contribution >= 0.6 is 0 Å². The molecule has 0 spiro atoms. The van der Waals surface area contributed by atoms with Gasteiger partial charge in [0.2, 0.25) is 0 Å². The van der Waals surface area contributed by atoms with E-state index in [1.165, 1.54) is 32.1 Å². The van der Waals surface area contributed by atoms with Crippen molar-refractivity contribution in [1.29, 1.82) is 0 Å². The Kier molecular flexibility index (Phi) is 4.31. The fourth-order valence-corrected chi connectivity index (χ4v) is 11.1. The number of fused-ring (bicyclic) bond motifs is 10. The maximum Gasteiger partial charge on any atom is 0.312 e. The Balaban J connectivity index is 1.43. The zero-order valence-electron chi connectivity index (χ0n) is 22.1. The van der Waals surface area contributed by atoms with Crippen LogP contribution in [0, 0.1) is 50.2 Å². The van der Waals surface area contributed by atoms with Crippen molar-refractivity contribution in [3.63, 3.8) is 0 Å². The van der Waals surface area contributed by atoms with Crippen molar-refractivity contribution in [1.82, 2.24) is 0 Å². The van der Waals surface area contributed by atoms with E-state index in [9.17, 15) is 9.90 Å². The lowest BCUT2D eigenvalue weighted by atomic mass is 9.33. The Labute approximate surface area is 201 Å². The fourth-order valence-electron chi connectivity index (χ4n) is 11.1. The molecule has 3 heteroatoms. The van der Waals surface area contributed by atoms with E-state index in [4.69, 9.17) is 4.74 Å². The number of carbonyl (C=O) groups excluding carboxylic acids is 1. The Morgan fingerprint density at radius 1 is 0.879 bits per heavy atom. The van der Waals surface area contributed by atoms with Gasteiger partial charge in [0.25, 0.3) is 0 Å². The van der Waals surface area contributed by atoms with Crippen LogP contribution in [0.15, 0.2) is 11.6 Å². The minimum absolute atomic E-state index is 0.000773. The summed E-state index contributed by atoms with van der Waals surface area (Å²) in [6, 6.07) is 0. The summed E-state index contributed by atoms with van der Waals surface area (Å²) < 4.78 is 6.03. The Hall–Kier alpha value is -0.830. The largest absolute Gasteiger partial charge is 0.461 e. The SMILES string of the molecule is CC1(C)[C@@H](O)CC[C@]2(C)[C@H]3CC=C4[C@@H]5C[C@@]6(C)C[C@H](OC6=O)[C@]5(C)CC[C@@]4(C)[C@]3(C)CC[C@@H]12. The molecule has 3 nitrogen and oxygen atoms in total. The number of ether oxygens (including phenoxy) is 1. The second kappa shape index (κ2) is 6.29. The molecular weight excluding hydrogens is 408 g/mol. The van der Waals surface area contributed by atoms with Gasteiger partial charge in [-0.3, -0.25) is 4.79 Å². The highest BCUT2D eigenvalue weighted by Crippen LogP contribution is 2.76. The summed E-state index contributed by atoms with van der Waals surface area (Å²) in [5.41, 5.74) is 2.25. The average Bonchev–Trinajstić information content (AvgIpc) is 3.00. The van der Waals surface area contributed by atoms with Gasteiger partial charge in [-0.1, -0.05) is 53.2 Å². The number of carbonyl (C=O) groups is 1. The molecule has 0 radical (unpaired) electrons. The number of esters is 1. The van der Waals surface area contributed by atoms with E-state index in [-0.39, 0.29) is 50.7 Å². The van der Waals surface area contributed by atoms with Gasteiger partial charge in [0.05, 0.1) is 11.5 Å². The second-order valence-corrected chi connectivity index (χ2v) is 15.1. The number of aliphatic hydroxyl groups is 1. The maximum absolute atomic E-state index is 12.8. The van der Waals surface area contributed by atoms with E-state index in [0.717, 1.165) is 25.7 Å². The van der Waals surface area contributed by atoms with Crippen LogP contribution < -0.4 is 0 Å². The predicted molar refractivity (Wildman–Crippen MR) is 130 cm³/mol. The zero-order valence-corrected chi connectivity index (χ0v) is 22.1. The smallest absolute Gasteiger partial charge is 0.312 e. The molecule has 0 aromatic heterocycles. The van der Waals surface area contributed by atoms with Gasteiger partial charge in [-0.25, -0.2) is 0 Å². The van der Waals surface area contributed by atoms with E-state index in [1.807, 2.05) is 0 Å². The van der Waals surface area contributed by atoms with Crippen LogP contribution in [-0.2, 0) is 9.53 Å². The molecule has 2 bridgehead atoms. The lowest BCUT2D eigenvalue weighted by Crippen LogP contribution is -2.65. The molecule has 4 saturated carbocycles. The van der Waals surface area contributed by atoms with Gasteiger partial charge < -0.3 is 9.84 Å². The van der Waals surface area contributed by atoms with Crippen molar-refractivity contribution < 1.29 is 14.6 Å². The third-order valence-electron chi connectivity index (χ3n) is 13.6. The molecular formula is C30H46O3. The summed E-state index contributed by atoms with van der Waals surface area (Å²) in [6.07, 6.45) is 12.6. The Morgan fingerprint density at radius 3 is 2.33 bits per heavy atom. The highest BCUT2D eigenvalue weighted by molar-refractivity contribution is 5.79. The molecule has 0 aromatic rings. The number of allylic oxidation sites excluding steroid dienone is 2. The van der Waals surface area contributed by atoms with E-state index < -0.39 is 0 Å². The van der Waals surface area contributed by atoms with E-state index in [2.05, 4.69) is 54.5 Å². The normalized spacial score (nSPS) is 58.8. The van der Waals surface area contributed by atoms with E-state index in [1.54, 1.807) is 5.57 Å². The third-order valence-corrected chi connectivity index (χ3v) is 13.6. The van der Waals surface area contributed by atoms with Crippen molar-refractivity contribution in [2.75, 3.05) is 0 Å². The van der Waals surface area contributed by atoms with Crippen molar-refractivity contribution in [2.45, 2.75) is 118 Å².